The maximum atomic E-state index is 13.1. The zero-order valence-corrected chi connectivity index (χ0v) is 17.6. The third kappa shape index (κ3) is 4.06. The van der Waals surface area contributed by atoms with Crippen molar-refractivity contribution in [3.63, 3.8) is 0 Å². The molecule has 1 aliphatic rings. The molecule has 0 saturated carbocycles. The van der Waals surface area contributed by atoms with E-state index in [9.17, 15) is 13.2 Å². The molecule has 1 aliphatic heterocycles. The largest absolute Gasteiger partial charge is 0.495 e. The summed E-state index contributed by atoms with van der Waals surface area (Å²) in [5.41, 5.74) is 0.881. The van der Waals surface area contributed by atoms with Crippen molar-refractivity contribution in [1.29, 1.82) is 0 Å². The number of methoxy groups -OCH3 is 1. The van der Waals surface area contributed by atoms with Gasteiger partial charge < -0.3 is 14.5 Å². The van der Waals surface area contributed by atoms with Gasteiger partial charge in [-0.3, -0.25) is 4.79 Å². The van der Waals surface area contributed by atoms with Crippen molar-refractivity contribution < 1.29 is 22.4 Å². The first-order chi connectivity index (χ1) is 14.5. The molecule has 0 spiro atoms. The molecule has 0 unspecified atom stereocenters. The number of hydrogen-bond donors (Lipinski definition) is 1. The fraction of sp³-hybridized carbons (Fsp3) is 0.318. The standard InChI is InChI=1S/C22H24N2O5S/c1-28-20-11-10-17(30(26,27)24-12-6-2-3-7-13-24)15-18(20)23-22(25)21-14-16-8-4-5-9-19(16)29-21/h4-5,8-11,14-15H,2-3,6-7,12-13H2,1H3,(H,23,25). The number of para-hydroxylation sites is 1. The molecule has 7 nitrogen and oxygen atoms in total. The Morgan fingerprint density at radius 3 is 2.47 bits per heavy atom. The smallest absolute Gasteiger partial charge is 0.291 e. The second-order valence-electron chi connectivity index (χ2n) is 7.28. The Morgan fingerprint density at radius 2 is 1.77 bits per heavy atom. The number of sulfonamides is 1. The van der Waals surface area contributed by atoms with Crippen LogP contribution in [0.25, 0.3) is 11.0 Å². The van der Waals surface area contributed by atoms with Gasteiger partial charge in [0.05, 0.1) is 17.7 Å². The number of amides is 1. The van der Waals surface area contributed by atoms with Crippen LogP contribution in [0.15, 0.2) is 57.8 Å². The van der Waals surface area contributed by atoms with E-state index < -0.39 is 15.9 Å². The van der Waals surface area contributed by atoms with Crippen LogP contribution in [0.3, 0.4) is 0 Å². The maximum Gasteiger partial charge on any atom is 0.291 e. The topological polar surface area (TPSA) is 88.9 Å². The van der Waals surface area contributed by atoms with Crippen molar-refractivity contribution in [3.05, 3.63) is 54.3 Å². The van der Waals surface area contributed by atoms with Gasteiger partial charge in [-0.2, -0.15) is 4.31 Å². The van der Waals surface area contributed by atoms with Crippen LogP contribution in [0.5, 0.6) is 5.75 Å². The molecule has 0 bridgehead atoms. The average Bonchev–Trinajstić information content (AvgIpc) is 2.99. The molecule has 0 atom stereocenters. The van der Waals surface area contributed by atoms with Gasteiger partial charge in [-0.25, -0.2) is 8.42 Å². The third-order valence-corrected chi connectivity index (χ3v) is 7.17. The van der Waals surface area contributed by atoms with Crippen molar-refractivity contribution in [2.24, 2.45) is 0 Å². The Bertz CT molecular complexity index is 1130. The molecule has 0 radical (unpaired) electrons. The van der Waals surface area contributed by atoms with Crippen LogP contribution >= 0.6 is 0 Å². The molecule has 3 aromatic rings. The molecule has 1 aromatic heterocycles. The van der Waals surface area contributed by atoms with E-state index >= 15 is 0 Å². The predicted molar refractivity (Wildman–Crippen MR) is 114 cm³/mol. The molecule has 1 fully saturated rings. The minimum Gasteiger partial charge on any atom is -0.495 e. The Balaban J connectivity index is 1.63. The second kappa shape index (κ2) is 8.49. The summed E-state index contributed by atoms with van der Waals surface area (Å²) in [5.74, 6) is 0.0297. The average molecular weight is 429 g/mol. The molecule has 30 heavy (non-hydrogen) atoms. The fourth-order valence-electron chi connectivity index (χ4n) is 3.65. The minimum atomic E-state index is -3.65. The molecule has 1 N–H and O–H groups in total. The normalized spacial score (nSPS) is 15.6. The van der Waals surface area contributed by atoms with Crippen molar-refractivity contribution in [3.8, 4) is 5.75 Å². The number of nitrogens with one attached hydrogen (secondary N) is 1. The lowest BCUT2D eigenvalue weighted by Crippen LogP contribution is -2.32. The summed E-state index contributed by atoms with van der Waals surface area (Å²) in [4.78, 5) is 12.9. The highest BCUT2D eigenvalue weighted by Crippen LogP contribution is 2.30. The number of hydrogen-bond acceptors (Lipinski definition) is 5. The number of anilines is 1. The summed E-state index contributed by atoms with van der Waals surface area (Å²) in [7, 11) is -2.18. The van der Waals surface area contributed by atoms with E-state index in [4.69, 9.17) is 9.15 Å². The Labute approximate surface area is 175 Å². The van der Waals surface area contributed by atoms with Gasteiger partial charge in [0.1, 0.15) is 11.3 Å². The molecule has 2 heterocycles. The highest BCUT2D eigenvalue weighted by Gasteiger charge is 2.26. The van der Waals surface area contributed by atoms with Gasteiger partial charge in [0.25, 0.3) is 5.91 Å². The number of ether oxygens (including phenoxy) is 1. The van der Waals surface area contributed by atoms with E-state index in [-0.39, 0.29) is 16.3 Å². The van der Waals surface area contributed by atoms with Crippen molar-refractivity contribution >= 4 is 32.6 Å². The molecule has 1 saturated heterocycles. The van der Waals surface area contributed by atoms with Crippen molar-refractivity contribution in [2.45, 2.75) is 30.6 Å². The van der Waals surface area contributed by atoms with Crippen LogP contribution in [0, 0.1) is 0 Å². The van der Waals surface area contributed by atoms with Gasteiger partial charge in [0.15, 0.2) is 5.76 Å². The van der Waals surface area contributed by atoms with E-state index in [1.54, 1.807) is 18.2 Å². The minimum absolute atomic E-state index is 0.130. The number of carbonyl (C=O) groups excluding carboxylic acids is 1. The highest BCUT2D eigenvalue weighted by atomic mass is 32.2. The van der Waals surface area contributed by atoms with Crippen molar-refractivity contribution in [1.82, 2.24) is 4.31 Å². The summed E-state index contributed by atoms with van der Waals surface area (Å²) in [6.45, 7) is 1.02. The number of fused-ring (bicyclic) bond motifs is 1. The lowest BCUT2D eigenvalue weighted by molar-refractivity contribution is 0.0998. The van der Waals surface area contributed by atoms with Crippen LogP contribution in [0.1, 0.15) is 36.2 Å². The van der Waals surface area contributed by atoms with Crippen LogP contribution in [-0.2, 0) is 10.0 Å². The molecule has 1 amide bonds. The summed E-state index contributed by atoms with van der Waals surface area (Å²) in [6.07, 6.45) is 3.77. The number of carbonyl (C=O) groups is 1. The first-order valence-corrected chi connectivity index (χ1v) is 11.4. The van der Waals surface area contributed by atoms with E-state index in [2.05, 4.69) is 5.32 Å². The predicted octanol–water partition coefficient (Wildman–Crippen LogP) is 4.26. The zero-order chi connectivity index (χ0) is 21.1. The van der Waals surface area contributed by atoms with Gasteiger partial charge in [0, 0.05) is 18.5 Å². The zero-order valence-electron chi connectivity index (χ0n) is 16.8. The Hall–Kier alpha value is -2.84. The summed E-state index contributed by atoms with van der Waals surface area (Å²) in [5, 5.41) is 3.54. The van der Waals surface area contributed by atoms with Crippen molar-refractivity contribution in [2.75, 3.05) is 25.5 Å². The molecular weight excluding hydrogens is 404 g/mol. The Morgan fingerprint density at radius 1 is 1.03 bits per heavy atom. The SMILES string of the molecule is COc1ccc(S(=O)(=O)N2CCCCCC2)cc1NC(=O)c1cc2ccccc2o1. The van der Waals surface area contributed by atoms with Gasteiger partial charge in [-0.15, -0.1) is 0 Å². The second-order valence-corrected chi connectivity index (χ2v) is 9.22. The van der Waals surface area contributed by atoms with E-state index in [0.717, 1.165) is 31.1 Å². The molecule has 8 heteroatoms. The molecular formula is C22H24N2O5S. The van der Waals surface area contributed by atoms with Crippen LogP contribution < -0.4 is 10.1 Å². The number of nitrogens with zero attached hydrogens (tertiary/aromatic N) is 1. The monoisotopic (exact) mass is 428 g/mol. The van der Waals surface area contributed by atoms with E-state index in [1.807, 2.05) is 18.2 Å². The maximum absolute atomic E-state index is 13.1. The Kier molecular flexibility index (Phi) is 5.78. The van der Waals surface area contributed by atoms with Gasteiger partial charge in [-0.05, 0) is 43.2 Å². The number of rotatable bonds is 5. The van der Waals surface area contributed by atoms with Gasteiger partial charge >= 0.3 is 0 Å². The van der Waals surface area contributed by atoms with Crippen LogP contribution in [0.4, 0.5) is 5.69 Å². The van der Waals surface area contributed by atoms with Gasteiger partial charge in [-0.1, -0.05) is 31.0 Å². The first-order valence-electron chi connectivity index (χ1n) is 9.97. The van der Waals surface area contributed by atoms with E-state index in [0.29, 0.717) is 24.4 Å². The van der Waals surface area contributed by atoms with Gasteiger partial charge in [0.2, 0.25) is 10.0 Å². The highest BCUT2D eigenvalue weighted by molar-refractivity contribution is 7.89. The van der Waals surface area contributed by atoms with Crippen LogP contribution in [0.2, 0.25) is 0 Å². The summed E-state index contributed by atoms with van der Waals surface area (Å²) in [6, 6.07) is 13.5. The fourth-order valence-corrected chi connectivity index (χ4v) is 5.20. The first kappa shape index (κ1) is 20.4. The lowest BCUT2D eigenvalue weighted by Gasteiger charge is -2.21. The molecule has 2 aromatic carbocycles. The quantitative estimate of drug-likeness (QED) is 0.656. The lowest BCUT2D eigenvalue weighted by atomic mass is 10.2. The molecule has 4 rings (SSSR count). The number of furan rings is 1. The van der Waals surface area contributed by atoms with Crippen LogP contribution in [-0.4, -0.2) is 38.8 Å². The summed E-state index contributed by atoms with van der Waals surface area (Å²) >= 11 is 0. The summed E-state index contributed by atoms with van der Waals surface area (Å²) < 4.78 is 38.7. The number of benzene rings is 2. The molecule has 158 valence electrons. The molecule has 0 aliphatic carbocycles. The third-order valence-electron chi connectivity index (χ3n) is 5.27. The van der Waals surface area contributed by atoms with E-state index in [1.165, 1.54) is 23.5 Å².